The number of rotatable bonds is 5. The molecule has 0 radical (unpaired) electrons. The molecule has 1 fully saturated rings. The number of aromatic nitrogens is 3. The highest BCUT2D eigenvalue weighted by molar-refractivity contribution is 6.03. The SMILES string of the molecule is Cc1cc(C(F)(F)C(F)(F)F)n2nc(C(=O)Nc3cccc(CN4CCOCC4)c3)cc2n1. The van der Waals surface area contributed by atoms with Crippen molar-refractivity contribution in [1.82, 2.24) is 19.5 Å². The Morgan fingerprint density at radius 2 is 1.85 bits per heavy atom. The first-order valence-corrected chi connectivity index (χ1v) is 10.1. The summed E-state index contributed by atoms with van der Waals surface area (Å²) in [4.78, 5) is 18.8. The third kappa shape index (κ3) is 4.81. The maximum Gasteiger partial charge on any atom is 0.459 e. The zero-order valence-corrected chi connectivity index (χ0v) is 17.5. The number of nitrogens with zero attached hydrogens (tertiary/aromatic N) is 4. The summed E-state index contributed by atoms with van der Waals surface area (Å²) in [6, 6.07) is 8.72. The van der Waals surface area contributed by atoms with Crippen LogP contribution in [0.3, 0.4) is 0 Å². The first-order chi connectivity index (χ1) is 15.5. The number of fused-ring (bicyclic) bond motifs is 1. The van der Waals surface area contributed by atoms with Crippen LogP contribution >= 0.6 is 0 Å². The van der Waals surface area contributed by atoms with Crippen molar-refractivity contribution in [2.45, 2.75) is 25.6 Å². The Hall–Kier alpha value is -3.12. The van der Waals surface area contributed by atoms with Gasteiger partial charge in [0.1, 0.15) is 5.69 Å². The fourth-order valence-corrected chi connectivity index (χ4v) is 3.54. The molecule has 1 aliphatic heterocycles. The maximum absolute atomic E-state index is 14.0. The Morgan fingerprint density at radius 1 is 1.12 bits per heavy atom. The molecule has 1 N–H and O–H groups in total. The molecule has 0 bridgehead atoms. The fourth-order valence-electron chi connectivity index (χ4n) is 3.54. The molecule has 0 spiro atoms. The lowest BCUT2D eigenvalue weighted by molar-refractivity contribution is -0.291. The number of nitrogens with one attached hydrogen (secondary N) is 1. The van der Waals surface area contributed by atoms with E-state index < -0.39 is 23.7 Å². The summed E-state index contributed by atoms with van der Waals surface area (Å²) in [5, 5.41) is 6.29. The molecule has 0 atom stereocenters. The predicted octanol–water partition coefficient (Wildman–Crippen LogP) is 3.78. The van der Waals surface area contributed by atoms with Crippen LogP contribution in [-0.4, -0.2) is 57.9 Å². The number of halogens is 5. The molecule has 1 aromatic carbocycles. The normalized spacial score (nSPS) is 15.7. The van der Waals surface area contributed by atoms with Gasteiger partial charge in [0.2, 0.25) is 0 Å². The smallest absolute Gasteiger partial charge is 0.379 e. The van der Waals surface area contributed by atoms with Gasteiger partial charge < -0.3 is 10.1 Å². The number of hydrogen-bond donors (Lipinski definition) is 1. The molecule has 7 nitrogen and oxygen atoms in total. The van der Waals surface area contributed by atoms with Crippen molar-refractivity contribution < 1.29 is 31.5 Å². The number of morpholine rings is 1. The van der Waals surface area contributed by atoms with Crippen LogP contribution in [-0.2, 0) is 17.2 Å². The second kappa shape index (κ2) is 8.67. The van der Waals surface area contributed by atoms with E-state index >= 15 is 0 Å². The summed E-state index contributed by atoms with van der Waals surface area (Å²) < 4.78 is 72.6. The number of carbonyl (C=O) groups excluding carboxylic acids is 1. The van der Waals surface area contributed by atoms with Crippen LogP contribution in [0, 0.1) is 6.92 Å². The molecule has 0 aliphatic carbocycles. The number of hydrogen-bond acceptors (Lipinski definition) is 5. The Morgan fingerprint density at radius 3 is 2.55 bits per heavy atom. The van der Waals surface area contributed by atoms with Gasteiger partial charge in [-0.25, -0.2) is 9.50 Å². The minimum absolute atomic E-state index is 0.0657. The van der Waals surface area contributed by atoms with Gasteiger partial charge in [-0.3, -0.25) is 9.69 Å². The number of ether oxygens (including phenoxy) is 1. The molecule has 1 amide bonds. The Labute approximate surface area is 185 Å². The highest BCUT2D eigenvalue weighted by atomic mass is 19.4. The van der Waals surface area contributed by atoms with Gasteiger partial charge in [-0.1, -0.05) is 12.1 Å². The van der Waals surface area contributed by atoms with E-state index in [0.717, 1.165) is 24.7 Å². The summed E-state index contributed by atoms with van der Waals surface area (Å²) in [6.45, 7) is 4.80. The van der Waals surface area contributed by atoms with E-state index in [1.807, 2.05) is 6.07 Å². The molecular formula is C21H20F5N5O2. The topological polar surface area (TPSA) is 71.8 Å². The Balaban J connectivity index is 1.58. The average molecular weight is 469 g/mol. The van der Waals surface area contributed by atoms with Crippen molar-refractivity contribution in [3.8, 4) is 0 Å². The van der Waals surface area contributed by atoms with E-state index in [0.29, 0.717) is 36.0 Å². The first-order valence-electron chi connectivity index (χ1n) is 10.1. The number of aryl methyl sites for hydroxylation is 1. The van der Waals surface area contributed by atoms with E-state index in [-0.39, 0.29) is 17.0 Å². The van der Waals surface area contributed by atoms with Gasteiger partial charge in [0.25, 0.3) is 5.91 Å². The molecule has 12 heteroatoms. The lowest BCUT2D eigenvalue weighted by Gasteiger charge is -2.26. The minimum atomic E-state index is -5.83. The molecule has 176 valence electrons. The third-order valence-electron chi connectivity index (χ3n) is 5.16. The van der Waals surface area contributed by atoms with E-state index in [9.17, 15) is 26.7 Å². The van der Waals surface area contributed by atoms with Crippen LogP contribution in [0.15, 0.2) is 36.4 Å². The van der Waals surface area contributed by atoms with E-state index in [2.05, 4.69) is 20.3 Å². The van der Waals surface area contributed by atoms with Crippen molar-refractivity contribution in [1.29, 1.82) is 0 Å². The molecular weight excluding hydrogens is 449 g/mol. The molecule has 1 aliphatic rings. The Kier molecular flexibility index (Phi) is 6.06. The first kappa shape index (κ1) is 23.1. The summed E-state index contributed by atoms with van der Waals surface area (Å²) in [7, 11) is 0. The molecule has 2 aromatic heterocycles. The van der Waals surface area contributed by atoms with Crippen molar-refractivity contribution in [3.05, 3.63) is 59.0 Å². The molecule has 3 aromatic rings. The van der Waals surface area contributed by atoms with Crippen LogP contribution in [0.1, 0.15) is 27.4 Å². The van der Waals surface area contributed by atoms with Gasteiger partial charge in [0.05, 0.1) is 13.2 Å². The highest BCUT2D eigenvalue weighted by Crippen LogP contribution is 2.43. The van der Waals surface area contributed by atoms with Gasteiger partial charge in [0, 0.05) is 37.1 Å². The van der Waals surface area contributed by atoms with Crippen LogP contribution in [0.2, 0.25) is 0 Å². The second-order valence-corrected chi connectivity index (χ2v) is 7.70. The van der Waals surface area contributed by atoms with Crippen LogP contribution in [0.5, 0.6) is 0 Å². The minimum Gasteiger partial charge on any atom is -0.379 e. The summed E-state index contributed by atoms with van der Waals surface area (Å²) in [6.07, 6.45) is -5.83. The number of benzene rings is 1. The number of amides is 1. The van der Waals surface area contributed by atoms with Gasteiger partial charge in [-0.15, -0.1) is 0 Å². The lowest BCUT2D eigenvalue weighted by Crippen LogP contribution is -2.36. The summed E-state index contributed by atoms with van der Waals surface area (Å²) in [5.41, 5.74) is -0.735. The maximum atomic E-state index is 14.0. The van der Waals surface area contributed by atoms with Gasteiger partial charge in [-0.2, -0.15) is 27.1 Å². The molecule has 0 unspecified atom stereocenters. The number of alkyl halides is 5. The standard InChI is InChI=1S/C21H20F5N5O2/c1-13-9-17(20(22,23)21(24,25)26)31-18(27-13)11-16(29-31)19(32)28-15-4-2-3-14(10-15)12-30-5-7-33-8-6-30/h2-4,9-11H,5-8,12H2,1H3,(H,28,32). The summed E-state index contributed by atoms with van der Waals surface area (Å²) >= 11 is 0. The van der Waals surface area contributed by atoms with Crippen molar-refractivity contribution in [2.24, 2.45) is 0 Å². The zero-order valence-electron chi connectivity index (χ0n) is 17.5. The van der Waals surface area contributed by atoms with Crippen LogP contribution in [0.25, 0.3) is 5.65 Å². The largest absolute Gasteiger partial charge is 0.459 e. The molecule has 1 saturated heterocycles. The number of anilines is 1. The van der Waals surface area contributed by atoms with Gasteiger partial charge in [-0.05, 0) is 30.7 Å². The molecule has 4 rings (SSSR count). The third-order valence-corrected chi connectivity index (χ3v) is 5.16. The van der Waals surface area contributed by atoms with Crippen LogP contribution in [0.4, 0.5) is 27.6 Å². The van der Waals surface area contributed by atoms with Gasteiger partial charge in [0.15, 0.2) is 11.3 Å². The van der Waals surface area contributed by atoms with Crippen LogP contribution < -0.4 is 5.32 Å². The van der Waals surface area contributed by atoms with E-state index in [1.54, 1.807) is 18.2 Å². The highest BCUT2D eigenvalue weighted by Gasteiger charge is 2.60. The second-order valence-electron chi connectivity index (χ2n) is 7.70. The summed E-state index contributed by atoms with van der Waals surface area (Å²) in [5.74, 6) is -5.94. The molecule has 3 heterocycles. The monoisotopic (exact) mass is 469 g/mol. The zero-order chi connectivity index (χ0) is 23.8. The quantitative estimate of drug-likeness (QED) is 0.576. The van der Waals surface area contributed by atoms with Crippen molar-refractivity contribution in [3.63, 3.8) is 0 Å². The molecule has 0 saturated carbocycles. The molecule has 33 heavy (non-hydrogen) atoms. The lowest BCUT2D eigenvalue weighted by atomic mass is 10.1. The fraction of sp³-hybridized carbons (Fsp3) is 0.381. The average Bonchev–Trinajstić information content (AvgIpc) is 3.17. The van der Waals surface area contributed by atoms with Crippen molar-refractivity contribution in [2.75, 3.05) is 31.6 Å². The number of carbonyl (C=O) groups is 1. The Bertz CT molecular complexity index is 1170. The van der Waals surface area contributed by atoms with Gasteiger partial charge >= 0.3 is 12.1 Å². The van der Waals surface area contributed by atoms with E-state index in [4.69, 9.17) is 4.74 Å². The van der Waals surface area contributed by atoms with E-state index in [1.165, 1.54) is 6.92 Å². The van der Waals surface area contributed by atoms with Crippen molar-refractivity contribution >= 4 is 17.2 Å². The predicted molar refractivity (Wildman–Crippen MR) is 108 cm³/mol.